The number of carbonyl (C=O) groups is 1. The third-order valence-corrected chi connectivity index (χ3v) is 3.49. The van der Waals surface area contributed by atoms with Crippen molar-refractivity contribution in [3.05, 3.63) is 18.0 Å². The molecule has 0 fully saturated rings. The van der Waals surface area contributed by atoms with Gasteiger partial charge in [-0.05, 0) is 19.4 Å². The number of amides is 1. The Kier molecular flexibility index (Phi) is 4.92. The zero-order valence-corrected chi connectivity index (χ0v) is 11.4. The highest BCUT2D eigenvalue weighted by molar-refractivity contribution is 7.89. The maximum atomic E-state index is 11.8. The van der Waals surface area contributed by atoms with Gasteiger partial charge in [0.25, 0.3) is 5.91 Å². The van der Waals surface area contributed by atoms with E-state index in [4.69, 9.17) is 5.14 Å². The first-order valence-corrected chi connectivity index (χ1v) is 7.41. The van der Waals surface area contributed by atoms with Gasteiger partial charge in [-0.25, -0.2) is 13.6 Å². The van der Waals surface area contributed by atoms with Gasteiger partial charge >= 0.3 is 0 Å². The molecule has 18 heavy (non-hydrogen) atoms. The summed E-state index contributed by atoms with van der Waals surface area (Å²) in [5.41, 5.74) is 0.197. The molecule has 4 N–H and O–H groups in total. The lowest BCUT2D eigenvalue weighted by atomic mass is 10.1. The van der Waals surface area contributed by atoms with Crippen LogP contribution in [0.2, 0.25) is 0 Å². The molecule has 0 spiro atoms. The summed E-state index contributed by atoms with van der Waals surface area (Å²) < 4.78 is 22.1. The van der Waals surface area contributed by atoms with Crippen LogP contribution in [0.5, 0.6) is 0 Å². The third-order valence-electron chi connectivity index (χ3n) is 2.60. The van der Waals surface area contributed by atoms with Gasteiger partial charge in [-0.15, -0.1) is 0 Å². The smallest absolute Gasteiger partial charge is 0.267 e. The average Bonchev–Trinajstić information content (AvgIpc) is 2.75. The molecule has 1 unspecified atom stereocenters. The second kappa shape index (κ2) is 6.01. The number of nitrogens with one attached hydrogen (secondary N) is 2. The van der Waals surface area contributed by atoms with Gasteiger partial charge in [0, 0.05) is 12.2 Å². The summed E-state index contributed by atoms with van der Waals surface area (Å²) in [7, 11) is -3.77. The maximum Gasteiger partial charge on any atom is 0.267 e. The summed E-state index contributed by atoms with van der Waals surface area (Å²) in [6.45, 7) is 4.00. The van der Waals surface area contributed by atoms with Crippen molar-refractivity contribution in [3.8, 4) is 0 Å². The van der Waals surface area contributed by atoms with Crippen LogP contribution in [-0.2, 0) is 10.0 Å². The number of hydrogen-bond acceptors (Lipinski definition) is 3. The van der Waals surface area contributed by atoms with Crippen molar-refractivity contribution >= 4 is 15.9 Å². The van der Waals surface area contributed by atoms with E-state index in [0.717, 1.165) is 19.3 Å². The van der Waals surface area contributed by atoms with E-state index in [1.165, 1.54) is 12.3 Å². The summed E-state index contributed by atoms with van der Waals surface area (Å²) in [6.07, 6.45) is 4.21. The molecule has 0 radical (unpaired) electrons. The fourth-order valence-electron chi connectivity index (χ4n) is 1.55. The number of aromatic nitrogens is 1. The Morgan fingerprint density at radius 3 is 2.72 bits per heavy atom. The Balaban J connectivity index is 2.65. The molecule has 0 saturated carbocycles. The topological polar surface area (TPSA) is 105 Å². The van der Waals surface area contributed by atoms with Crippen LogP contribution in [0, 0.1) is 0 Å². The number of nitrogens with two attached hydrogens (primary N) is 1. The van der Waals surface area contributed by atoms with E-state index in [-0.39, 0.29) is 22.5 Å². The van der Waals surface area contributed by atoms with E-state index in [1.54, 1.807) is 0 Å². The number of rotatable bonds is 6. The third kappa shape index (κ3) is 4.15. The van der Waals surface area contributed by atoms with E-state index in [2.05, 4.69) is 17.2 Å². The van der Waals surface area contributed by atoms with Crippen molar-refractivity contribution in [3.63, 3.8) is 0 Å². The minimum atomic E-state index is -3.77. The molecule has 0 aliphatic rings. The highest BCUT2D eigenvalue weighted by Crippen LogP contribution is 2.09. The standard InChI is InChI=1S/C11H19N3O3S/c1-3-4-5-8(2)14-11(15)10-6-9(7-13-10)18(12,16)17/h6-8,13H,3-5H2,1-2H3,(H,14,15)(H2,12,16,17). The summed E-state index contributed by atoms with van der Waals surface area (Å²) >= 11 is 0. The number of sulfonamides is 1. The number of primary sulfonamides is 1. The van der Waals surface area contributed by atoms with Gasteiger partial charge in [-0.1, -0.05) is 19.8 Å². The Morgan fingerprint density at radius 1 is 1.56 bits per heavy atom. The van der Waals surface area contributed by atoms with Gasteiger partial charge in [0.1, 0.15) is 5.69 Å². The lowest BCUT2D eigenvalue weighted by Gasteiger charge is -2.12. The number of H-pyrrole nitrogens is 1. The van der Waals surface area contributed by atoms with Gasteiger partial charge in [0.2, 0.25) is 10.0 Å². The van der Waals surface area contributed by atoms with Crippen LogP contribution >= 0.6 is 0 Å². The molecule has 0 saturated heterocycles. The van der Waals surface area contributed by atoms with E-state index in [0.29, 0.717) is 0 Å². The molecule has 1 amide bonds. The van der Waals surface area contributed by atoms with Crippen molar-refractivity contribution in [1.29, 1.82) is 0 Å². The molecule has 102 valence electrons. The van der Waals surface area contributed by atoms with Crippen molar-refractivity contribution in [2.24, 2.45) is 5.14 Å². The zero-order valence-electron chi connectivity index (χ0n) is 10.6. The normalized spacial score (nSPS) is 13.3. The molecule has 0 aliphatic carbocycles. The summed E-state index contributed by atoms with van der Waals surface area (Å²) in [5, 5.41) is 7.75. The van der Waals surface area contributed by atoms with Crippen LogP contribution in [0.1, 0.15) is 43.6 Å². The van der Waals surface area contributed by atoms with Crippen LogP contribution in [0.25, 0.3) is 0 Å². The monoisotopic (exact) mass is 273 g/mol. The van der Waals surface area contributed by atoms with Crippen LogP contribution < -0.4 is 10.5 Å². The molecular formula is C11H19N3O3S. The van der Waals surface area contributed by atoms with Crippen LogP contribution in [0.3, 0.4) is 0 Å². The van der Waals surface area contributed by atoms with Crippen molar-refractivity contribution in [2.45, 2.75) is 44.0 Å². The number of carbonyl (C=O) groups excluding carboxylic acids is 1. The Labute approximate surface area is 107 Å². The van der Waals surface area contributed by atoms with Crippen molar-refractivity contribution in [1.82, 2.24) is 10.3 Å². The Morgan fingerprint density at radius 2 is 2.22 bits per heavy atom. The first-order chi connectivity index (χ1) is 8.34. The van der Waals surface area contributed by atoms with E-state index in [1.807, 2.05) is 6.92 Å². The van der Waals surface area contributed by atoms with E-state index >= 15 is 0 Å². The first-order valence-electron chi connectivity index (χ1n) is 5.86. The SMILES string of the molecule is CCCCC(C)NC(=O)c1cc(S(N)(=O)=O)c[nH]1. The number of unbranched alkanes of at least 4 members (excludes halogenated alkanes) is 1. The van der Waals surface area contributed by atoms with E-state index < -0.39 is 10.0 Å². The van der Waals surface area contributed by atoms with Gasteiger partial charge < -0.3 is 10.3 Å². The molecule has 1 heterocycles. The molecule has 1 aromatic rings. The fraction of sp³-hybridized carbons (Fsp3) is 0.545. The number of aromatic amines is 1. The molecule has 0 aromatic carbocycles. The lowest BCUT2D eigenvalue weighted by Crippen LogP contribution is -2.32. The minimum Gasteiger partial charge on any atom is -0.356 e. The summed E-state index contributed by atoms with van der Waals surface area (Å²) in [6, 6.07) is 1.29. The Bertz CT molecular complexity index is 507. The zero-order chi connectivity index (χ0) is 13.8. The van der Waals surface area contributed by atoms with Gasteiger partial charge in [0.05, 0.1) is 4.90 Å². The van der Waals surface area contributed by atoms with Crippen LogP contribution in [0.15, 0.2) is 17.2 Å². The summed E-state index contributed by atoms with van der Waals surface area (Å²) in [4.78, 5) is 14.3. The Hall–Kier alpha value is -1.34. The highest BCUT2D eigenvalue weighted by atomic mass is 32.2. The van der Waals surface area contributed by atoms with Gasteiger partial charge in [-0.2, -0.15) is 0 Å². The predicted molar refractivity (Wildman–Crippen MR) is 68.6 cm³/mol. The molecule has 1 atom stereocenters. The molecular weight excluding hydrogens is 254 g/mol. The lowest BCUT2D eigenvalue weighted by molar-refractivity contribution is 0.0933. The van der Waals surface area contributed by atoms with Gasteiger partial charge in [-0.3, -0.25) is 4.79 Å². The highest BCUT2D eigenvalue weighted by Gasteiger charge is 2.15. The van der Waals surface area contributed by atoms with Crippen molar-refractivity contribution in [2.75, 3.05) is 0 Å². The van der Waals surface area contributed by atoms with E-state index in [9.17, 15) is 13.2 Å². The van der Waals surface area contributed by atoms with Gasteiger partial charge in [0.15, 0.2) is 0 Å². The molecule has 7 heteroatoms. The average molecular weight is 273 g/mol. The molecule has 1 rings (SSSR count). The van der Waals surface area contributed by atoms with Crippen molar-refractivity contribution < 1.29 is 13.2 Å². The molecule has 0 bridgehead atoms. The van der Waals surface area contributed by atoms with Crippen LogP contribution in [0.4, 0.5) is 0 Å². The second-order valence-electron chi connectivity index (χ2n) is 4.31. The second-order valence-corrected chi connectivity index (χ2v) is 5.87. The summed E-state index contributed by atoms with van der Waals surface area (Å²) in [5.74, 6) is -0.325. The molecule has 0 aliphatic heterocycles. The molecule has 6 nitrogen and oxygen atoms in total. The molecule has 1 aromatic heterocycles. The first kappa shape index (κ1) is 14.7. The maximum absolute atomic E-state index is 11.8. The fourth-order valence-corrected chi connectivity index (χ4v) is 2.06. The van der Waals surface area contributed by atoms with Crippen LogP contribution in [-0.4, -0.2) is 25.4 Å². The quantitative estimate of drug-likeness (QED) is 0.719. The number of hydrogen-bond donors (Lipinski definition) is 3. The largest absolute Gasteiger partial charge is 0.356 e. The minimum absolute atomic E-state index is 0.0543. The predicted octanol–water partition coefficient (Wildman–Crippen LogP) is 0.971.